The first-order chi connectivity index (χ1) is 11.6. The van der Waals surface area contributed by atoms with Crippen LogP contribution in [0.1, 0.15) is 11.1 Å². The maximum absolute atomic E-state index is 12.3. The molecule has 124 valence electrons. The van der Waals surface area contributed by atoms with Crippen molar-refractivity contribution >= 4 is 33.6 Å². The van der Waals surface area contributed by atoms with E-state index >= 15 is 0 Å². The van der Waals surface area contributed by atoms with E-state index in [1.165, 1.54) is 11.1 Å². The number of urea groups is 1. The molecule has 0 spiro atoms. The quantitative estimate of drug-likeness (QED) is 0.849. The maximum Gasteiger partial charge on any atom is 0.319 e. The number of carbonyl (C=O) groups excluding carboxylic acids is 2. The van der Waals surface area contributed by atoms with E-state index in [1.54, 1.807) is 17.0 Å². The molecule has 0 atom stereocenters. The van der Waals surface area contributed by atoms with Crippen LogP contribution in [0.25, 0.3) is 0 Å². The third-order valence-corrected chi connectivity index (χ3v) is 4.46. The topological polar surface area (TPSA) is 61.4 Å². The Hall–Kier alpha value is -2.34. The minimum Gasteiger partial charge on any atom is -0.336 e. The molecule has 0 saturated heterocycles. The molecular formula is C18H18BrN3O2. The van der Waals surface area contributed by atoms with Gasteiger partial charge in [0.05, 0.1) is 6.54 Å². The van der Waals surface area contributed by atoms with E-state index in [0.717, 1.165) is 10.9 Å². The molecule has 0 bridgehead atoms. The third kappa shape index (κ3) is 4.14. The van der Waals surface area contributed by atoms with Crippen LogP contribution in [0.5, 0.6) is 0 Å². The monoisotopic (exact) mass is 387 g/mol. The highest BCUT2D eigenvalue weighted by Gasteiger charge is 2.20. The van der Waals surface area contributed by atoms with Crippen molar-refractivity contribution in [2.75, 3.05) is 18.4 Å². The Balaban J connectivity index is 1.50. The zero-order valence-electron chi connectivity index (χ0n) is 13.1. The minimum absolute atomic E-state index is 0.0119. The van der Waals surface area contributed by atoms with E-state index in [9.17, 15) is 9.59 Å². The number of amides is 3. The largest absolute Gasteiger partial charge is 0.336 e. The van der Waals surface area contributed by atoms with E-state index in [4.69, 9.17) is 0 Å². The van der Waals surface area contributed by atoms with Gasteiger partial charge in [-0.25, -0.2) is 4.79 Å². The Labute approximate surface area is 149 Å². The molecule has 2 aromatic carbocycles. The first-order valence-corrected chi connectivity index (χ1v) is 8.56. The van der Waals surface area contributed by atoms with Crippen molar-refractivity contribution in [3.05, 3.63) is 64.1 Å². The summed E-state index contributed by atoms with van der Waals surface area (Å²) in [5.74, 6) is -0.0751. The summed E-state index contributed by atoms with van der Waals surface area (Å²) in [4.78, 5) is 26.0. The molecule has 5 nitrogen and oxygen atoms in total. The summed E-state index contributed by atoms with van der Waals surface area (Å²) < 4.78 is 0.878. The van der Waals surface area contributed by atoms with E-state index in [-0.39, 0.29) is 18.5 Å². The number of hydrogen-bond donors (Lipinski definition) is 2. The molecule has 2 N–H and O–H groups in total. The van der Waals surface area contributed by atoms with Gasteiger partial charge in [-0.15, -0.1) is 0 Å². The average Bonchev–Trinajstić information content (AvgIpc) is 2.59. The van der Waals surface area contributed by atoms with Gasteiger partial charge in [-0.2, -0.15) is 0 Å². The summed E-state index contributed by atoms with van der Waals surface area (Å²) in [6.07, 6.45) is 0.853. The van der Waals surface area contributed by atoms with Gasteiger partial charge in [0, 0.05) is 23.2 Å². The van der Waals surface area contributed by atoms with Gasteiger partial charge in [-0.05, 0) is 35.7 Å². The predicted molar refractivity (Wildman–Crippen MR) is 96.7 cm³/mol. The van der Waals surface area contributed by atoms with Crippen LogP contribution >= 0.6 is 15.9 Å². The van der Waals surface area contributed by atoms with Crippen molar-refractivity contribution in [1.82, 2.24) is 10.2 Å². The molecule has 3 rings (SSSR count). The maximum atomic E-state index is 12.3. The van der Waals surface area contributed by atoms with Gasteiger partial charge in [0.1, 0.15) is 0 Å². The first kappa shape index (κ1) is 16.5. The standard InChI is InChI=1S/C18H18BrN3O2/c19-15-6-3-7-16(10-15)21-18(24)20-11-17(23)22-9-8-13-4-1-2-5-14(13)12-22/h1-7,10H,8-9,11-12H2,(H2,20,21,24). The normalized spacial score (nSPS) is 13.1. The van der Waals surface area contributed by atoms with Crippen LogP contribution in [0.4, 0.5) is 10.5 Å². The van der Waals surface area contributed by atoms with E-state index in [0.29, 0.717) is 18.8 Å². The SMILES string of the molecule is O=C(NCC(=O)N1CCc2ccccc2C1)Nc1cccc(Br)c1. The van der Waals surface area contributed by atoms with Crippen LogP contribution in [0.3, 0.4) is 0 Å². The molecule has 6 heteroatoms. The number of fused-ring (bicyclic) bond motifs is 1. The zero-order chi connectivity index (χ0) is 16.9. The molecule has 2 aromatic rings. The van der Waals surface area contributed by atoms with Crippen LogP contribution in [-0.2, 0) is 17.8 Å². The molecule has 24 heavy (non-hydrogen) atoms. The smallest absolute Gasteiger partial charge is 0.319 e. The van der Waals surface area contributed by atoms with Gasteiger partial charge in [0.15, 0.2) is 0 Å². The van der Waals surface area contributed by atoms with Crippen LogP contribution in [0.15, 0.2) is 53.0 Å². The number of rotatable bonds is 3. The summed E-state index contributed by atoms with van der Waals surface area (Å²) in [6.45, 7) is 1.27. The fourth-order valence-electron chi connectivity index (χ4n) is 2.72. The number of nitrogens with zero attached hydrogens (tertiary/aromatic N) is 1. The Bertz CT molecular complexity index is 763. The van der Waals surface area contributed by atoms with Crippen molar-refractivity contribution in [2.45, 2.75) is 13.0 Å². The van der Waals surface area contributed by atoms with Crippen LogP contribution in [0, 0.1) is 0 Å². The van der Waals surface area contributed by atoms with Gasteiger partial charge in [0.25, 0.3) is 0 Å². The highest BCUT2D eigenvalue weighted by Crippen LogP contribution is 2.18. The molecule has 0 aromatic heterocycles. The molecule has 0 fully saturated rings. The number of benzene rings is 2. The van der Waals surface area contributed by atoms with Gasteiger partial charge in [-0.3, -0.25) is 4.79 Å². The molecule has 1 aliphatic rings. The predicted octanol–water partition coefficient (Wildman–Crippen LogP) is 3.16. The molecule has 3 amide bonds. The van der Waals surface area contributed by atoms with E-state index in [2.05, 4.69) is 32.6 Å². The van der Waals surface area contributed by atoms with Gasteiger partial charge in [-0.1, -0.05) is 46.3 Å². The molecule has 0 radical (unpaired) electrons. The summed E-state index contributed by atoms with van der Waals surface area (Å²) in [5, 5.41) is 5.32. The summed E-state index contributed by atoms with van der Waals surface area (Å²) in [6, 6.07) is 15.0. The molecule has 0 unspecified atom stereocenters. The molecule has 1 heterocycles. The van der Waals surface area contributed by atoms with Crippen molar-refractivity contribution in [1.29, 1.82) is 0 Å². The average molecular weight is 388 g/mol. The summed E-state index contributed by atoms with van der Waals surface area (Å²) >= 11 is 3.35. The minimum atomic E-state index is -0.390. The lowest BCUT2D eigenvalue weighted by Gasteiger charge is -2.29. The molecule has 1 aliphatic heterocycles. The third-order valence-electron chi connectivity index (χ3n) is 3.97. The van der Waals surface area contributed by atoms with Crippen molar-refractivity contribution in [2.24, 2.45) is 0 Å². The lowest BCUT2D eigenvalue weighted by atomic mass is 10.00. The Morgan fingerprint density at radius 1 is 1.08 bits per heavy atom. The molecule has 0 saturated carbocycles. The lowest BCUT2D eigenvalue weighted by Crippen LogP contribution is -2.43. The number of halogens is 1. The van der Waals surface area contributed by atoms with Crippen LogP contribution < -0.4 is 10.6 Å². The van der Waals surface area contributed by atoms with Crippen molar-refractivity contribution < 1.29 is 9.59 Å². The van der Waals surface area contributed by atoms with E-state index < -0.39 is 0 Å². The van der Waals surface area contributed by atoms with E-state index in [1.807, 2.05) is 30.3 Å². The van der Waals surface area contributed by atoms with Crippen molar-refractivity contribution in [3.63, 3.8) is 0 Å². The summed E-state index contributed by atoms with van der Waals surface area (Å²) in [5.41, 5.74) is 3.14. The first-order valence-electron chi connectivity index (χ1n) is 7.77. The zero-order valence-corrected chi connectivity index (χ0v) is 14.7. The Morgan fingerprint density at radius 2 is 1.88 bits per heavy atom. The summed E-state index contributed by atoms with van der Waals surface area (Å²) in [7, 11) is 0. The number of hydrogen-bond acceptors (Lipinski definition) is 2. The fourth-order valence-corrected chi connectivity index (χ4v) is 3.12. The van der Waals surface area contributed by atoms with Gasteiger partial charge < -0.3 is 15.5 Å². The lowest BCUT2D eigenvalue weighted by molar-refractivity contribution is -0.130. The molecule has 0 aliphatic carbocycles. The number of carbonyl (C=O) groups is 2. The molecular weight excluding hydrogens is 370 g/mol. The van der Waals surface area contributed by atoms with Crippen LogP contribution in [-0.4, -0.2) is 29.9 Å². The number of nitrogens with one attached hydrogen (secondary N) is 2. The highest BCUT2D eigenvalue weighted by atomic mass is 79.9. The second-order valence-corrected chi connectivity index (χ2v) is 6.57. The van der Waals surface area contributed by atoms with Crippen LogP contribution in [0.2, 0.25) is 0 Å². The number of anilines is 1. The Morgan fingerprint density at radius 3 is 2.67 bits per heavy atom. The second-order valence-electron chi connectivity index (χ2n) is 5.65. The fraction of sp³-hybridized carbons (Fsp3) is 0.222. The van der Waals surface area contributed by atoms with Gasteiger partial charge in [0.2, 0.25) is 5.91 Å². The van der Waals surface area contributed by atoms with Crippen molar-refractivity contribution in [3.8, 4) is 0 Å². The Kier molecular flexibility index (Phi) is 5.15. The highest BCUT2D eigenvalue weighted by molar-refractivity contribution is 9.10. The second kappa shape index (κ2) is 7.49. The van der Waals surface area contributed by atoms with Gasteiger partial charge >= 0.3 is 6.03 Å².